The van der Waals surface area contributed by atoms with Crippen molar-refractivity contribution in [3.05, 3.63) is 191 Å². The van der Waals surface area contributed by atoms with Crippen LogP contribution in [0.5, 0.6) is 0 Å². The normalized spacial score (nSPS) is 5.75. The molecule has 0 amide bonds. The smallest absolute Gasteiger partial charge is 0 e. The average molecular weight is 6130 g/mol. The van der Waals surface area contributed by atoms with Gasteiger partial charge in [0.1, 0.15) is 0 Å². The number of benzene rings is 5. The van der Waals surface area contributed by atoms with Crippen molar-refractivity contribution in [2.24, 2.45) is 0 Å². The van der Waals surface area contributed by atoms with Crippen molar-refractivity contribution < 1.29 is 1960 Å². The molecule has 0 saturated heterocycles. The predicted octanol–water partition coefficient (Wildman–Crippen LogP) is 16.3. The van der Waals surface area contributed by atoms with Gasteiger partial charge in [0.25, 0.3) is 0 Å². The summed E-state index contributed by atoms with van der Waals surface area (Å²) in [6.45, 7) is 61.0. The molecule has 60 radical (unpaired) electrons. The van der Waals surface area contributed by atoms with Crippen LogP contribution in [0.3, 0.4) is 0 Å². The minimum absolute atomic E-state index is 0. The van der Waals surface area contributed by atoms with Crippen LogP contribution in [0.2, 0.25) is 0 Å². The van der Waals surface area contributed by atoms with Gasteiger partial charge in [-0.2, -0.15) is 0 Å². The molecule has 120 heavy (non-hydrogen) atoms. The summed E-state index contributed by atoms with van der Waals surface area (Å²) in [5, 5.41) is 0. The first-order chi connectivity index (χ1) is 27.7. The van der Waals surface area contributed by atoms with Gasteiger partial charge in [-0.1, -0.05) is 172 Å². The minimum Gasteiger partial charge on any atom is -0.116 e. The zero-order chi connectivity index (χ0) is 45.6. The van der Waals surface area contributed by atoms with E-state index in [2.05, 4.69) is 180 Å². The molecule has 60 heteroatoms. The van der Waals surface area contributed by atoms with Crippen LogP contribution in [-0.2, 0) is 1960 Å². The predicted molar refractivity (Wildman–Crippen MR) is 265 cm³/mol. The van der Waals surface area contributed by atoms with Gasteiger partial charge in [-0.25, -0.2) is 0 Å². The van der Waals surface area contributed by atoms with Gasteiger partial charge in [0.15, 0.2) is 0 Å². The van der Waals surface area contributed by atoms with Crippen LogP contribution in [-0.4, -0.2) is 0 Å². The molecule has 5 aromatic carbocycles. The molecule has 0 aliphatic heterocycles. The van der Waals surface area contributed by atoms with E-state index in [4.69, 9.17) is 0 Å². The Kier molecular flexibility index (Phi) is 682. The van der Waals surface area contributed by atoms with Crippen molar-refractivity contribution in [2.75, 3.05) is 0 Å². The Balaban J connectivity index is -0.0000000126. The maximum atomic E-state index is 2.41. The first-order valence-electron chi connectivity index (χ1n) is 22.5. The van der Waals surface area contributed by atoms with E-state index < -0.39 is 0 Å². The number of hydrogen-bond donors (Lipinski definition) is 0. The summed E-state index contributed by atoms with van der Waals surface area (Å²) in [5.41, 5.74) is 42.1. The van der Waals surface area contributed by atoms with Crippen molar-refractivity contribution in [3.8, 4) is 0 Å². The molecule has 0 heterocycles. The fraction of sp³-hybridized carbons (Fsp3) is 0.433. The standard InChI is InChI=1S/C60H78.60Y/c1-27-29(3)36(10)53(37(11)30(27)4)46(20)55-40(14)33(7)42(16)57(48(55)22)50(24)59-44(18)35(9)45(19)60(52(59)26)51(25)58-43(17)34(8)41(15)56(49(58)23)47(21)54-38(12)31(5)28(2)32(6)39(54)13;;;;;;;;;;;;;;;;;;;;;;;;;;;;;;;;;;;;;;;;;;;;;;;;;;;;;;;;;;;;/h1-26H3;;;;;;;;;;;;;;;;;;;;;;;;;;;;;;;;;;;;;;;;;;;;;;;;;;;;;;;;;;;;/q-4;;;;;;;;;;;;;;;;;;;;;;;;;;;;;;;;;;;;;;;;;;;;;;;;;;;;;;;;;;;;. The molecular weight excluding hydrogens is 6060 g/mol. The quantitative estimate of drug-likeness (QED) is 0.136. The van der Waals surface area contributed by atoms with Crippen LogP contribution in [0.1, 0.15) is 195 Å². The van der Waals surface area contributed by atoms with Crippen LogP contribution in [0.15, 0.2) is 0 Å². The van der Waals surface area contributed by atoms with E-state index in [1.807, 2.05) is 0 Å². The van der Waals surface area contributed by atoms with Crippen LogP contribution >= 0.6 is 0 Å². The molecule has 5 rings (SSSR count). The molecular formula is C60H78Y60-4. The topological polar surface area (TPSA) is 0 Å². The van der Waals surface area contributed by atoms with Gasteiger partial charge in [0.2, 0.25) is 0 Å². The molecule has 0 aromatic heterocycles. The Morgan fingerprint density at radius 1 is 0.0750 bits per heavy atom. The second-order valence-corrected chi connectivity index (χ2v) is 19.2. The van der Waals surface area contributed by atoms with Crippen molar-refractivity contribution in [3.63, 3.8) is 0 Å². The van der Waals surface area contributed by atoms with Crippen LogP contribution in [0, 0.1) is 176 Å². The third kappa shape index (κ3) is 126. The molecule has 0 atom stereocenters. The fourth-order valence-corrected chi connectivity index (χ4v) is 12.0. The van der Waals surface area contributed by atoms with Gasteiger partial charge in [-0.05, 0) is 41.5 Å². The van der Waals surface area contributed by atoms with Crippen molar-refractivity contribution >= 4 is 0 Å². The summed E-state index contributed by atoms with van der Waals surface area (Å²) in [5.74, 6) is 5.56. The van der Waals surface area contributed by atoms with Crippen molar-refractivity contribution in [2.45, 2.75) is 180 Å². The molecule has 0 bridgehead atoms. The Morgan fingerprint density at radius 2 is 0.117 bits per heavy atom. The first kappa shape index (κ1) is 376. The maximum Gasteiger partial charge on any atom is 0 e. The summed E-state index contributed by atoms with van der Waals surface area (Å²) < 4.78 is 0. The largest absolute Gasteiger partial charge is 0.116 e. The molecule has 0 nitrogen and oxygen atoms in total. The SMILES string of the molecule is Cc1c(C)c(C)c([C-](C)c2c(C)c(C)c(C)c([C-](C)c3c(C)c(C)c(C)c([C-](C)c4c(C)c(C)c(C)c([C-](C)c5c(C)c(C)c(C)c(C)c5C)c4C)c3C)c2C)c(C)c1C.[Y].[Y].[Y].[Y].[Y].[Y].[Y].[Y].[Y].[Y].[Y].[Y].[Y].[Y].[Y].[Y].[Y].[Y].[Y].[Y].[Y].[Y].[Y].[Y].[Y].[Y].[Y].[Y].[Y].[Y].[Y].[Y].[Y].[Y].[Y].[Y].[Y].[Y].[Y].[Y].[Y].[Y].[Y].[Y].[Y].[Y].[Y].[Y].[Y].[Y].[Y].[Y].[Y].[Y].[Y].[Y].[Y].[Y].[Y].[Y]. The Labute approximate surface area is 2250 Å². The van der Waals surface area contributed by atoms with E-state index in [0.29, 0.717) is 0 Å². The molecule has 0 aliphatic rings. The number of rotatable bonds is 8. The third-order valence-corrected chi connectivity index (χ3v) is 16.9. The van der Waals surface area contributed by atoms with Crippen LogP contribution in [0.4, 0.5) is 0 Å². The molecule has 0 fully saturated rings. The Bertz CT molecular complexity index is 2480. The summed E-state index contributed by atoms with van der Waals surface area (Å²) in [7, 11) is 0. The summed E-state index contributed by atoms with van der Waals surface area (Å²) in [4.78, 5) is 0. The van der Waals surface area contributed by atoms with Gasteiger partial charge < -0.3 is 0 Å². The summed E-state index contributed by atoms with van der Waals surface area (Å²) >= 11 is 0. The minimum atomic E-state index is 0. The van der Waals surface area contributed by atoms with Gasteiger partial charge in [-0.3, -0.25) is 0 Å². The summed E-state index contributed by atoms with van der Waals surface area (Å²) in [6.07, 6.45) is 0. The Morgan fingerprint density at radius 3 is 0.183 bits per heavy atom. The van der Waals surface area contributed by atoms with E-state index in [1.165, 1.54) is 191 Å². The molecule has 502 valence electrons. The van der Waals surface area contributed by atoms with Crippen LogP contribution < -0.4 is 0 Å². The van der Waals surface area contributed by atoms with E-state index in [1.54, 1.807) is 0 Å². The second kappa shape index (κ2) is 218. The average Bonchev–Trinajstić information content (AvgIpc) is 3.18. The molecule has 0 unspecified atom stereocenters. The third-order valence-electron chi connectivity index (χ3n) is 16.9. The summed E-state index contributed by atoms with van der Waals surface area (Å²) in [6, 6.07) is 0. The number of hydrogen-bond acceptors (Lipinski definition) is 0. The van der Waals surface area contributed by atoms with E-state index in [9.17, 15) is 0 Å². The zero-order valence-electron chi connectivity index (χ0n) is 77.6. The molecule has 0 saturated carbocycles. The fourth-order valence-electron chi connectivity index (χ4n) is 12.0. The van der Waals surface area contributed by atoms with E-state index in [0.717, 1.165) is 0 Å². The van der Waals surface area contributed by atoms with Crippen molar-refractivity contribution in [1.82, 2.24) is 0 Å². The molecule has 0 aliphatic carbocycles. The molecule has 5 aromatic rings. The second-order valence-electron chi connectivity index (χ2n) is 19.2. The molecule has 0 spiro atoms. The maximum absolute atomic E-state index is 2.41. The van der Waals surface area contributed by atoms with Gasteiger partial charge in [-0.15, -0.1) is 157 Å². The van der Waals surface area contributed by atoms with Crippen LogP contribution in [0.25, 0.3) is 0 Å². The van der Waals surface area contributed by atoms with E-state index >= 15 is 0 Å². The van der Waals surface area contributed by atoms with Gasteiger partial charge >= 0.3 is 0 Å². The zero-order valence-corrected chi connectivity index (χ0v) is 248. The van der Waals surface area contributed by atoms with Gasteiger partial charge in [0, 0.05) is 1960 Å². The van der Waals surface area contributed by atoms with Crippen molar-refractivity contribution in [1.29, 1.82) is 0 Å². The Hall–Kier alpha value is 61.8. The van der Waals surface area contributed by atoms with Gasteiger partial charge in [0.05, 0.1) is 0 Å². The monoisotopic (exact) mass is 6130 g/mol. The molecule has 0 N–H and O–H groups in total. The first-order valence-corrected chi connectivity index (χ1v) is 22.5. The van der Waals surface area contributed by atoms with E-state index in [-0.39, 0.29) is 1960 Å².